The van der Waals surface area contributed by atoms with Crippen molar-refractivity contribution in [3.63, 3.8) is 0 Å². The predicted molar refractivity (Wildman–Crippen MR) is 94.2 cm³/mol. The number of anilines is 1. The molecule has 3 rings (SSSR count). The Morgan fingerprint density at radius 3 is 2.23 bits per heavy atom. The Balaban J connectivity index is 2.25. The van der Waals surface area contributed by atoms with E-state index in [-0.39, 0.29) is 5.91 Å². The predicted octanol–water partition coefficient (Wildman–Crippen LogP) is 4.89. The van der Waals surface area contributed by atoms with Crippen LogP contribution in [0.1, 0.15) is 6.92 Å². The second kappa shape index (κ2) is 6.25. The van der Waals surface area contributed by atoms with E-state index in [4.69, 9.17) is 12.2 Å². The van der Waals surface area contributed by atoms with Gasteiger partial charge in [0.05, 0.1) is 4.88 Å². The van der Waals surface area contributed by atoms with Gasteiger partial charge in [-0.2, -0.15) is 0 Å². The molecule has 0 saturated heterocycles. The molecule has 0 aliphatic heterocycles. The molecule has 5 heteroatoms. The van der Waals surface area contributed by atoms with Crippen molar-refractivity contribution in [2.45, 2.75) is 6.92 Å². The zero-order valence-corrected chi connectivity index (χ0v) is 13.6. The third kappa shape index (κ3) is 2.86. The highest BCUT2D eigenvalue weighted by molar-refractivity contribution is 7.73. The molecule has 3 aromatic rings. The van der Waals surface area contributed by atoms with E-state index >= 15 is 0 Å². The molecular weight excluding hydrogens is 312 g/mol. The number of nitrogens with one attached hydrogen (secondary N) is 1. The van der Waals surface area contributed by atoms with Crippen molar-refractivity contribution < 1.29 is 4.79 Å². The monoisotopic (exact) mass is 326 g/mol. The van der Waals surface area contributed by atoms with Crippen LogP contribution < -0.4 is 5.32 Å². The third-order valence-electron chi connectivity index (χ3n) is 3.16. The van der Waals surface area contributed by atoms with Crippen LogP contribution in [0.3, 0.4) is 0 Å². The van der Waals surface area contributed by atoms with Gasteiger partial charge >= 0.3 is 0 Å². The maximum atomic E-state index is 11.6. The second-order valence-corrected chi connectivity index (χ2v) is 6.41. The van der Waals surface area contributed by atoms with Crippen molar-refractivity contribution in [2.75, 3.05) is 5.32 Å². The van der Waals surface area contributed by atoms with E-state index in [1.807, 2.05) is 65.2 Å². The Hall–Kier alpha value is -2.24. The number of nitrogens with zero attached hydrogens (tertiary/aromatic N) is 1. The number of amides is 1. The Bertz CT molecular complexity index is 851. The summed E-state index contributed by atoms with van der Waals surface area (Å²) >= 11 is 7.02. The highest BCUT2D eigenvalue weighted by Crippen LogP contribution is 2.36. The number of para-hydroxylation sites is 1. The van der Waals surface area contributed by atoms with Crippen LogP contribution in [0.25, 0.3) is 16.1 Å². The van der Waals surface area contributed by atoms with Crippen LogP contribution in [0.15, 0.2) is 60.7 Å². The smallest absolute Gasteiger partial charge is 0.222 e. The van der Waals surface area contributed by atoms with Gasteiger partial charge < -0.3 is 5.32 Å². The summed E-state index contributed by atoms with van der Waals surface area (Å²) in [6.45, 7) is 1.50. The molecule has 1 heterocycles. The van der Waals surface area contributed by atoms with Crippen molar-refractivity contribution in [1.82, 2.24) is 4.57 Å². The van der Waals surface area contributed by atoms with Crippen LogP contribution in [0.2, 0.25) is 0 Å². The Morgan fingerprint density at radius 2 is 1.64 bits per heavy atom. The standard InChI is InChI=1S/C17H14N2OS2/c1-12(20)18-16-15(13-8-4-2-5-9-13)22-17(21)19(16)14-10-6-3-7-11-14/h2-11H,1H3,(H,18,20). The summed E-state index contributed by atoms with van der Waals surface area (Å²) in [7, 11) is 0. The first-order valence-corrected chi connectivity index (χ1v) is 8.03. The quantitative estimate of drug-likeness (QED) is 0.695. The maximum absolute atomic E-state index is 11.6. The molecule has 0 spiro atoms. The molecule has 0 aliphatic carbocycles. The molecule has 0 bridgehead atoms. The summed E-state index contributed by atoms with van der Waals surface area (Å²) in [5.74, 6) is 0.606. The van der Waals surface area contributed by atoms with Gasteiger partial charge in [0.2, 0.25) is 5.91 Å². The largest absolute Gasteiger partial charge is 0.311 e. The van der Waals surface area contributed by atoms with E-state index in [1.54, 1.807) is 0 Å². The fraction of sp³-hybridized carbons (Fsp3) is 0.0588. The van der Waals surface area contributed by atoms with Crippen LogP contribution in [-0.2, 0) is 4.79 Å². The lowest BCUT2D eigenvalue weighted by molar-refractivity contribution is -0.114. The topological polar surface area (TPSA) is 34.0 Å². The first kappa shape index (κ1) is 14.7. The summed E-state index contributed by atoms with van der Waals surface area (Å²) in [6.07, 6.45) is 0. The minimum absolute atomic E-state index is 0.116. The van der Waals surface area contributed by atoms with Gasteiger partial charge in [-0.1, -0.05) is 48.5 Å². The maximum Gasteiger partial charge on any atom is 0.222 e. The molecule has 0 radical (unpaired) electrons. The van der Waals surface area contributed by atoms with Crippen LogP contribution in [0, 0.1) is 3.95 Å². The summed E-state index contributed by atoms with van der Waals surface area (Å²) in [6, 6.07) is 19.8. The van der Waals surface area contributed by atoms with Crippen molar-refractivity contribution >= 4 is 35.3 Å². The fourth-order valence-corrected chi connectivity index (χ4v) is 3.65. The summed E-state index contributed by atoms with van der Waals surface area (Å²) in [5, 5.41) is 2.93. The van der Waals surface area contributed by atoms with Gasteiger partial charge in [0.15, 0.2) is 3.95 Å². The molecule has 0 unspecified atom stereocenters. The van der Waals surface area contributed by atoms with E-state index in [0.717, 1.165) is 21.9 Å². The number of thiazole rings is 1. The average Bonchev–Trinajstić information content (AvgIpc) is 2.85. The van der Waals surface area contributed by atoms with Crippen molar-refractivity contribution in [1.29, 1.82) is 0 Å². The van der Waals surface area contributed by atoms with Gasteiger partial charge in [-0.25, -0.2) is 0 Å². The Labute approximate surface area is 137 Å². The highest BCUT2D eigenvalue weighted by atomic mass is 32.1. The summed E-state index contributed by atoms with van der Waals surface area (Å²) in [4.78, 5) is 12.6. The summed E-state index contributed by atoms with van der Waals surface area (Å²) < 4.78 is 2.61. The van der Waals surface area contributed by atoms with Crippen LogP contribution in [0.4, 0.5) is 5.82 Å². The first-order chi connectivity index (χ1) is 10.7. The molecule has 0 aliphatic rings. The highest BCUT2D eigenvalue weighted by Gasteiger charge is 2.16. The zero-order valence-electron chi connectivity index (χ0n) is 11.9. The lowest BCUT2D eigenvalue weighted by atomic mass is 10.2. The third-order valence-corrected chi connectivity index (χ3v) is 4.58. The number of aromatic nitrogens is 1. The lowest BCUT2D eigenvalue weighted by Crippen LogP contribution is -2.11. The number of rotatable bonds is 3. The van der Waals surface area contributed by atoms with E-state index in [0.29, 0.717) is 3.95 Å². The van der Waals surface area contributed by atoms with Gasteiger partial charge in [-0.3, -0.25) is 9.36 Å². The Morgan fingerprint density at radius 1 is 1.05 bits per heavy atom. The molecule has 1 N–H and O–H groups in total. The van der Waals surface area contributed by atoms with E-state index < -0.39 is 0 Å². The molecule has 22 heavy (non-hydrogen) atoms. The van der Waals surface area contributed by atoms with Gasteiger partial charge in [0.25, 0.3) is 0 Å². The Kier molecular flexibility index (Phi) is 4.18. The normalized spacial score (nSPS) is 10.4. The van der Waals surface area contributed by atoms with Gasteiger partial charge in [-0.15, -0.1) is 11.3 Å². The van der Waals surface area contributed by atoms with Gasteiger partial charge in [0, 0.05) is 12.6 Å². The van der Waals surface area contributed by atoms with Crippen LogP contribution in [-0.4, -0.2) is 10.5 Å². The molecule has 0 atom stereocenters. The van der Waals surface area contributed by atoms with E-state index in [1.165, 1.54) is 18.3 Å². The molecule has 0 saturated carbocycles. The van der Waals surface area contributed by atoms with Crippen molar-refractivity contribution in [3.8, 4) is 16.1 Å². The van der Waals surface area contributed by atoms with Gasteiger partial charge in [0.1, 0.15) is 5.82 Å². The van der Waals surface area contributed by atoms with Crippen LogP contribution in [0.5, 0.6) is 0 Å². The molecular formula is C17H14N2OS2. The minimum Gasteiger partial charge on any atom is -0.311 e. The molecule has 1 amide bonds. The molecule has 3 nitrogen and oxygen atoms in total. The van der Waals surface area contributed by atoms with Crippen LogP contribution >= 0.6 is 23.6 Å². The van der Waals surface area contributed by atoms with Crippen molar-refractivity contribution in [2.24, 2.45) is 0 Å². The van der Waals surface area contributed by atoms with E-state index in [9.17, 15) is 4.79 Å². The minimum atomic E-state index is -0.116. The van der Waals surface area contributed by atoms with E-state index in [2.05, 4.69) is 5.32 Å². The second-order valence-electron chi connectivity index (χ2n) is 4.76. The number of carbonyl (C=O) groups is 1. The molecule has 0 fully saturated rings. The van der Waals surface area contributed by atoms with Crippen molar-refractivity contribution in [3.05, 3.63) is 64.6 Å². The average molecular weight is 326 g/mol. The number of hydrogen-bond acceptors (Lipinski definition) is 3. The molecule has 1 aromatic heterocycles. The molecule has 110 valence electrons. The zero-order chi connectivity index (χ0) is 15.5. The number of benzene rings is 2. The summed E-state index contributed by atoms with van der Waals surface area (Å²) in [5.41, 5.74) is 1.98. The number of carbonyl (C=O) groups excluding carboxylic acids is 1. The number of hydrogen-bond donors (Lipinski definition) is 1. The first-order valence-electron chi connectivity index (χ1n) is 6.81. The van der Waals surface area contributed by atoms with Gasteiger partial charge in [-0.05, 0) is 29.9 Å². The fourth-order valence-electron chi connectivity index (χ4n) is 2.25. The SMILES string of the molecule is CC(=O)Nc1c(-c2ccccc2)sc(=S)n1-c1ccccc1. The molecule has 2 aromatic carbocycles. The lowest BCUT2D eigenvalue weighted by Gasteiger charge is -2.11.